The molecule has 0 aliphatic rings. The van der Waals surface area contributed by atoms with Crippen LogP contribution in [-0.4, -0.2) is 19.1 Å². The van der Waals surface area contributed by atoms with E-state index in [1.54, 1.807) is 0 Å². The predicted molar refractivity (Wildman–Crippen MR) is 242 cm³/mol. The zero-order valence-corrected chi connectivity index (χ0v) is 31.4. The van der Waals surface area contributed by atoms with Crippen LogP contribution in [0.3, 0.4) is 0 Å². The third-order valence-electron chi connectivity index (χ3n) is 11.7. The highest BCUT2D eigenvalue weighted by atomic mass is 15.2. The van der Waals surface area contributed by atoms with Gasteiger partial charge in [-0.05, 0) is 87.6 Å². The van der Waals surface area contributed by atoms with Crippen molar-refractivity contribution >= 4 is 65.3 Å². The van der Waals surface area contributed by atoms with Crippen LogP contribution in [0, 0.1) is 0 Å². The van der Waals surface area contributed by atoms with E-state index in [4.69, 9.17) is 9.97 Å². The van der Waals surface area contributed by atoms with Gasteiger partial charge in [-0.15, -0.1) is 0 Å². The van der Waals surface area contributed by atoms with Crippen molar-refractivity contribution < 1.29 is 0 Å². The van der Waals surface area contributed by atoms with Gasteiger partial charge >= 0.3 is 0 Å². The summed E-state index contributed by atoms with van der Waals surface area (Å²) in [6, 6.07) is 73.9. The van der Waals surface area contributed by atoms with Gasteiger partial charge in [0, 0.05) is 38.2 Å². The fourth-order valence-electron chi connectivity index (χ4n) is 8.94. The molecule has 0 saturated heterocycles. The van der Waals surface area contributed by atoms with E-state index in [9.17, 15) is 0 Å². The molecular formula is C54H34N4. The van der Waals surface area contributed by atoms with Gasteiger partial charge in [-0.2, -0.15) is 0 Å². The summed E-state index contributed by atoms with van der Waals surface area (Å²) in [5, 5.41) is 8.21. The number of fused-ring (bicyclic) bond motifs is 8. The summed E-state index contributed by atoms with van der Waals surface area (Å²) >= 11 is 0. The molecule has 0 radical (unpaired) electrons. The second-order valence-corrected chi connectivity index (χ2v) is 15.0. The summed E-state index contributed by atoms with van der Waals surface area (Å²) in [5.74, 6) is 0.654. The Morgan fingerprint density at radius 1 is 0.293 bits per heavy atom. The van der Waals surface area contributed by atoms with Crippen LogP contribution in [0.5, 0.6) is 0 Å². The topological polar surface area (TPSA) is 35.6 Å². The fraction of sp³-hybridized carbons (Fsp3) is 0. The molecular weight excluding hydrogens is 705 g/mol. The van der Waals surface area contributed by atoms with Gasteiger partial charge in [0.15, 0.2) is 0 Å². The van der Waals surface area contributed by atoms with Crippen LogP contribution < -0.4 is 0 Å². The van der Waals surface area contributed by atoms with Gasteiger partial charge in [-0.3, -0.25) is 4.57 Å². The van der Waals surface area contributed by atoms with Crippen LogP contribution in [0.2, 0.25) is 0 Å². The average Bonchev–Trinajstić information content (AvgIpc) is 3.80. The standard InChI is InChI=1S/C54H34N4/c1-3-13-35(14-4-1)36-23-27-42(28-24-36)57-49-22-12-10-19-43(49)46-32-40(26-30-50(46)57)41-25-29-44-47-31-38-17-7-8-18-39(38)33-52(47)58(51(44)34-41)54-55-48-21-11-9-20-45(48)53(56-54)37-15-5-2-6-16-37/h1-34H. The molecule has 3 aromatic heterocycles. The zero-order chi connectivity index (χ0) is 38.2. The monoisotopic (exact) mass is 738 g/mol. The van der Waals surface area contributed by atoms with Crippen molar-refractivity contribution in [1.82, 2.24) is 19.1 Å². The maximum atomic E-state index is 5.37. The van der Waals surface area contributed by atoms with Crippen LogP contribution in [0.1, 0.15) is 0 Å². The molecule has 0 N–H and O–H groups in total. The molecule has 0 atom stereocenters. The smallest absolute Gasteiger partial charge is 0.235 e. The predicted octanol–water partition coefficient (Wildman–Crippen LogP) is 14.0. The molecule has 3 heterocycles. The third kappa shape index (κ3) is 5.09. The molecule has 9 aromatic carbocycles. The molecule has 0 unspecified atom stereocenters. The Morgan fingerprint density at radius 2 is 0.845 bits per heavy atom. The van der Waals surface area contributed by atoms with Gasteiger partial charge < -0.3 is 4.57 Å². The third-order valence-corrected chi connectivity index (χ3v) is 11.7. The van der Waals surface area contributed by atoms with E-state index in [1.807, 2.05) is 6.07 Å². The summed E-state index contributed by atoms with van der Waals surface area (Å²) in [6.45, 7) is 0. The number of nitrogens with zero attached hydrogens (tertiary/aromatic N) is 4. The van der Waals surface area contributed by atoms with Crippen molar-refractivity contribution in [2.24, 2.45) is 0 Å². The highest BCUT2D eigenvalue weighted by molar-refractivity contribution is 6.15. The van der Waals surface area contributed by atoms with Crippen LogP contribution in [0.4, 0.5) is 0 Å². The summed E-state index contributed by atoms with van der Waals surface area (Å²) in [4.78, 5) is 10.6. The van der Waals surface area contributed by atoms with Crippen molar-refractivity contribution in [1.29, 1.82) is 0 Å². The number of hydrogen-bond donors (Lipinski definition) is 0. The normalized spacial score (nSPS) is 11.8. The minimum atomic E-state index is 0.654. The Morgan fingerprint density at radius 3 is 1.66 bits per heavy atom. The summed E-state index contributed by atoms with van der Waals surface area (Å²) in [5.41, 5.74) is 13.3. The van der Waals surface area contributed by atoms with Gasteiger partial charge in [-0.25, -0.2) is 9.97 Å². The Hall–Kier alpha value is -7.82. The Bertz CT molecular complexity index is 3540. The minimum absolute atomic E-state index is 0.654. The first kappa shape index (κ1) is 32.4. The van der Waals surface area contributed by atoms with Crippen molar-refractivity contribution in [3.63, 3.8) is 0 Å². The van der Waals surface area contributed by atoms with Crippen molar-refractivity contribution in [3.8, 4) is 45.1 Å². The largest absolute Gasteiger partial charge is 0.309 e. The van der Waals surface area contributed by atoms with Gasteiger partial charge in [-0.1, -0.05) is 152 Å². The highest BCUT2D eigenvalue weighted by Gasteiger charge is 2.20. The van der Waals surface area contributed by atoms with Gasteiger partial charge in [0.1, 0.15) is 0 Å². The van der Waals surface area contributed by atoms with Crippen LogP contribution >= 0.6 is 0 Å². The molecule has 0 aliphatic heterocycles. The van der Waals surface area contributed by atoms with E-state index >= 15 is 0 Å². The molecule has 12 rings (SSSR count). The molecule has 4 heteroatoms. The Labute approximate surface area is 334 Å². The van der Waals surface area contributed by atoms with E-state index in [2.05, 4.69) is 209 Å². The van der Waals surface area contributed by atoms with Crippen LogP contribution in [-0.2, 0) is 0 Å². The summed E-state index contributed by atoms with van der Waals surface area (Å²) in [7, 11) is 0. The second-order valence-electron chi connectivity index (χ2n) is 15.0. The molecule has 270 valence electrons. The first-order valence-corrected chi connectivity index (χ1v) is 19.7. The Balaban J connectivity index is 1.07. The quantitative estimate of drug-likeness (QED) is 0.176. The van der Waals surface area contributed by atoms with Crippen molar-refractivity contribution in [2.45, 2.75) is 0 Å². The number of rotatable bonds is 5. The number of hydrogen-bond acceptors (Lipinski definition) is 2. The second kappa shape index (κ2) is 12.9. The molecule has 0 fully saturated rings. The molecule has 0 bridgehead atoms. The van der Waals surface area contributed by atoms with Gasteiger partial charge in [0.2, 0.25) is 5.95 Å². The lowest BCUT2D eigenvalue weighted by atomic mass is 10.0. The maximum Gasteiger partial charge on any atom is 0.235 e. The average molecular weight is 739 g/mol. The molecule has 4 nitrogen and oxygen atoms in total. The van der Waals surface area contributed by atoms with Gasteiger partial charge in [0.05, 0.1) is 33.3 Å². The summed E-state index contributed by atoms with van der Waals surface area (Å²) in [6.07, 6.45) is 0. The molecule has 58 heavy (non-hydrogen) atoms. The van der Waals surface area contributed by atoms with Crippen molar-refractivity contribution in [3.05, 3.63) is 206 Å². The van der Waals surface area contributed by atoms with Crippen molar-refractivity contribution in [2.75, 3.05) is 0 Å². The van der Waals surface area contributed by atoms with E-state index in [1.165, 1.54) is 54.5 Å². The molecule has 0 spiro atoms. The lowest BCUT2D eigenvalue weighted by Crippen LogP contribution is -2.03. The Kier molecular flexibility index (Phi) is 7.20. The van der Waals surface area contributed by atoms with E-state index < -0.39 is 0 Å². The van der Waals surface area contributed by atoms with E-state index in [0.717, 1.165) is 50.0 Å². The lowest BCUT2D eigenvalue weighted by Gasteiger charge is -2.12. The first-order chi connectivity index (χ1) is 28.7. The zero-order valence-electron chi connectivity index (χ0n) is 31.4. The SMILES string of the molecule is c1ccc(-c2ccc(-n3c4ccccc4c4cc(-c5ccc6c7cc8ccccc8cc7n(-c7nc(-c8ccccc8)c8ccccc8n7)c6c5)ccc43)cc2)cc1. The molecule has 0 amide bonds. The summed E-state index contributed by atoms with van der Waals surface area (Å²) < 4.78 is 4.65. The number of benzene rings is 9. The number of aromatic nitrogens is 4. The van der Waals surface area contributed by atoms with Gasteiger partial charge in [0.25, 0.3) is 0 Å². The highest BCUT2D eigenvalue weighted by Crippen LogP contribution is 2.40. The van der Waals surface area contributed by atoms with E-state index in [0.29, 0.717) is 5.95 Å². The first-order valence-electron chi connectivity index (χ1n) is 19.7. The molecule has 12 aromatic rings. The van der Waals surface area contributed by atoms with Crippen LogP contribution in [0.15, 0.2) is 206 Å². The maximum absolute atomic E-state index is 5.37. The molecule has 0 saturated carbocycles. The van der Waals surface area contributed by atoms with E-state index in [-0.39, 0.29) is 0 Å². The fourth-order valence-corrected chi connectivity index (χ4v) is 8.94. The van der Waals surface area contributed by atoms with Crippen LogP contribution in [0.25, 0.3) is 110 Å². The number of para-hydroxylation sites is 2. The molecule has 0 aliphatic carbocycles. The minimum Gasteiger partial charge on any atom is -0.309 e. The lowest BCUT2D eigenvalue weighted by molar-refractivity contribution is 1.01.